The van der Waals surface area contributed by atoms with Crippen LogP contribution in [0.5, 0.6) is 0 Å². The highest BCUT2D eigenvalue weighted by atomic mass is 15.1. The molecule has 8 rings (SSSR count). The van der Waals surface area contributed by atoms with Gasteiger partial charge >= 0.3 is 0 Å². The molecule has 8 aromatic rings. The Kier molecular flexibility index (Phi) is 6.20. The number of hydrogen-bond acceptors (Lipinski definition) is 1. The summed E-state index contributed by atoms with van der Waals surface area (Å²) in [5.74, 6) is 0. The molecule has 0 radical (unpaired) electrons. The summed E-state index contributed by atoms with van der Waals surface area (Å²) in [6.45, 7) is 0. The van der Waals surface area contributed by atoms with Gasteiger partial charge in [0.1, 0.15) is 0 Å². The van der Waals surface area contributed by atoms with Crippen LogP contribution in [0, 0.1) is 0 Å². The summed E-state index contributed by atoms with van der Waals surface area (Å²) in [6, 6.07) is 63.5. The molecule has 0 saturated carbocycles. The van der Waals surface area contributed by atoms with Crippen LogP contribution < -0.4 is 4.90 Å². The first kappa shape index (κ1) is 25.1. The topological polar surface area (TPSA) is 3.24 Å². The second kappa shape index (κ2) is 10.6. The summed E-state index contributed by atoms with van der Waals surface area (Å²) in [5, 5.41) is 7.50. The zero-order valence-electron chi connectivity index (χ0n) is 23.7. The molecule has 43 heavy (non-hydrogen) atoms. The molecule has 1 nitrogen and oxygen atoms in total. The molecule has 1 heteroatoms. The largest absolute Gasteiger partial charge is 0.309 e. The standard InChI is InChI=1S/C42H29N/c1-2-19-34(20-3-1)43(42-29-33-15-5-7-22-37(33)39-24-8-9-25-40(39)42)41-27-11-10-23-38(41)32-18-12-17-31(28-32)36-26-13-16-30-14-4-6-21-35(30)36/h1-29H. The Morgan fingerprint density at radius 1 is 0.302 bits per heavy atom. The molecule has 0 heterocycles. The highest BCUT2D eigenvalue weighted by Crippen LogP contribution is 2.45. The maximum atomic E-state index is 2.43. The average molecular weight is 548 g/mol. The zero-order valence-corrected chi connectivity index (χ0v) is 23.7. The number of anilines is 3. The van der Waals surface area contributed by atoms with Crippen LogP contribution in [0.25, 0.3) is 54.6 Å². The molecule has 202 valence electrons. The third-order valence-electron chi connectivity index (χ3n) is 8.42. The first-order valence-corrected chi connectivity index (χ1v) is 14.8. The third kappa shape index (κ3) is 4.43. The van der Waals surface area contributed by atoms with Crippen molar-refractivity contribution in [2.24, 2.45) is 0 Å². The van der Waals surface area contributed by atoms with Gasteiger partial charge in [-0.05, 0) is 74.0 Å². The number of nitrogens with zero attached hydrogens (tertiary/aromatic N) is 1. The fraction of sp³-hybridized carbons (Fsp3) is 0. The van der Waals surface area contributed by atoms with Crippen LogP contribution in [0.2, 0.25) is 0 Å². The van der Waals surface area contributed by atoms with Crippen molar-refractivity contribution in [3.8, 4) is 22.3 Å². The quantitative estimate of drug-likeness (QED) is 0.194. The van der Waals surface area contributed by atoms with Crippen LogP contribution >= 0.6 is 0 Å². The molecule has 0 saturated heterocycles. The second-order valence-corrected chi connectivity index (χ2v) is 11.0. The first-order chi connectivity index (χ1) is 21.3. The van der Waals surface area contributed by atoms with E-state index >= 15 is 0 Å². The summed E-state index contributed by atoms with van der Waals surface area (Å²) in [7, 11) is 0. The van der Waals surface area contributed by atoms with Crippen LogP contribution in [-0.2, 0) is 0 Å². The van der Waals surface area contributed by atoms with Crippen molar-refractivity contribution in [3.05, 3.63) is 176 Å². The van der Waals surface area contributed by atoms with Crippen molar-refractivity contribution in [1.29, 1.82) is 0 Å². The highest BCUT2D eigenvalue weighted by Gasteiger charge is 2.20. The lowest BCUT2D eigenvalue weighted by Crippen LogP contribution is -2.11. The number of hydrogen-bond donors (Lipinski definition) is 0. The fourth-order valence-corrected chi connectivity index (χ4v) is 6.45. The first-order valence-electron chi connectivity index (χ1n) is 14.8. The van der Waals surface area contributed by atoms with Gasteiger partial charge in [0.2, 0.25) is 0 Å². The Hall–Kier alpha value is -5.66. The molecule has 0 N–H and O–H groups in total. The van der Waals surface area contributed by atoms with Crippen molar-refractivity contribution < 1.29 is 0 Å². The molecule has 0 bridgehead atoms. The van der Waals surface area contributed by atoms with Crippen molar-refractivity contribution in [2.75, 3.05) is 4.90 Å². The minimum absolute atomic E-state index is 1.13. The molecule has 0 unspecified atom stereocenters. The van der Waals surface area contributed by atoms with Crippen molar-refractivity contribution in [1.82, 2.24) is 0 Å². The minimum Gasteiger partial charge on any atom is -0.309 e. The van der Waals surface area contributed by atoms with Crippen LogP contribution in [0.15, 0.2) is 176 Å². The lowest BCUT2D eigenvalue weighted by Gasteiger charge is -2.29. The summed E-state index contributed by atoms with van der Waals surface area (Å²) < 4.78 is 0. The molecule has 0 aliphatic carbocycles. The maximum Gasteiger partial charge on any atom is 0.0546 e. The average Bonchev–Trinajstić information content (AvgIpc) is 3.09. The van der Waals surface area contributed by atoms with Gasteiger partial charge in [-0.3, -0.25) is 0 Å². The zero-order chi connectivity index (χ0) is 28.6. The fourth-order valence-electron chi connectivity index (χ4n) is 6.45. The van der Waals surface area contributed by atoms with Gasteiger partial charge in [0.25, 0.3) is 0 Å². The van der Waals surface area contributed by atoms with Crippen LogP contribution in [0.3, 0.4) is 0 Å². The van der Waals surface area contributed by atoms with Gasteiger partial charge in [0.15, 0.2) is 0 Å². The Bertz CT molecular complexity index is 2240. The number of para-hydroxylation sites is 2. The van der Waals surface area contributed by atoms with E-state index in [1.54, 1.807) is 0 Å². The second-order valence-electron chi connectivity index (χ2n) is 11.0. The van der Waals surface area contributed by atoms with Gasteiger partial charge in [-0.1, -0.05) is 146 Å². The monoisotopic (exact) mass is 547 g/mol. The summed E-state index contributed by atoms with van der Waals surface area (Å²) in [4.78, 5) is 2.43. The van der Waals surface area contributed by atoms with Gasteiger partial charge in [0, 0.05) is 16.6 Å². The van der Waals surface area contributed by atoms with E-state index in [4.69, 9.17) is 0 Å². The predicted molar refractivity (Wildman–Crippen MR) is 185 cm³/mol. The molecule has 0 aliphatic rings. The third-order valence-corrected chi connectivity index (χ3v) is 8.42. The lowest BCUT2D eigenvalue weighted by molar-refractivity contribution is 1.30. The molecule has 0 atom stereocenters. The van der Waals surface area contributed by atoms with Gasteiger partial charge in [-0.25, -0.2) is 0 Å². The van der Waals surface area contributed by atoms with Gasteiger partial charge in [0.05, 0.1) is 11.4 Å². The predicted octanol–water partition coefficient (Wildman–Crippen LogP) is 11.9. The van der Waals surface area contributed by atoms with Gasteiger partial charge in [-0.15, -0.1) is 0 Å². The molecule has 0 amide bonds. The van der Waals surface area contributed by atoms with E-state index in [0.717, 1.165) is 17.1 Å². The highest BCUT2D eigenvalue weighted by molar-refractivity contribution is 6.15. The van der Waals surface area contributed by atoms with E-state index in [-0.39, 0.29) is 0 Å². The van der Waals surface area contributed by atoms with E-state index in [1.807, 2.05) is 0 Å². The molecular formula is C42H29N. The van der Waals surface area contributed by atoms with E-state index in [2.05, 4.69) is 181 Å². The molecule has 8 aromatic carbocycles. The molecule has 0 aliphatic heterocycles. The van der Waals surface area contributed by atoms with Crippen molar-refractivity contribution in [2.45, 2.75) is 0 Å². The van der Waals surface area contributed by atoms with E-state index < -0.39 is 0 Å². The summed E-state index contributed by atoms with van der Waals surface area (Å²) in [6.07, 6.45) is 0. The molecular weight excluding hydrogens is 518 g/mol. The summed E-state index contributed by atoms with van der Waals surface area (Å²) in [5.41, 5.74) is 8.27. The van der Waals surface area contributed by atoms with Crippen LogP contribution in [-0.4, -0.2) is 0 Å². The Balaban J connectivity index is 1.37. The smallest absolute Gasteiger partial charge is 0.0546 e. The van der Waals surface area contributed by atoms with E-state index in [1.165, 1.54) is 54.6 Å². The SMILES string of the molecule is c1ccc(N(c2ccccc2-c2cccc(-c3cccc4ccccc34)c2)c2cc3ccccc3c3ccccc23)cc1. The molecule has 0 aromatic heterocycles. The summed E-state index contributed by atoms with van der Waals surface area (Å²) >= 11 is 0. The molecule has 0 spiro atoms. The van der Waals surface area contributed by atoms with E-state index in [9.17, 15) is 0 Å². The minimum atomic E-state index is 1.13. The molecule has 0 fully saturated rings. The normalized spacial score (nSPS) is 11.3. The maximum absolute atomic E-state index is 2.43. The number of fused-ring (bicyclic) bond motifs is 4. The van der Waals surface area contributed by atoms with Gasteiger partial charge < -0.3 is 4.90 Å². The Labute approximate surface area is 251 Å². The Morgan fingerprint density at radius 2 is 0.860 bits per heavy atom. The van der Waals surface area contributed by atoms with Crippen LogP contribution in [0.1, 0.15) is 0 Å². The van der Waals surface area contributed by atoms with Crippen molar-refractivity contribution >= 4 is 49.4 Å². The Morgan fingerprint density at radius 3 is 1.70 bits per heavy atom. The lowest BCUT2D eigenvalue weighted by atomic mass is 9.94. The van der Waals surface area contributed by atoms with E-state index in [0.29, 0.717) is 0 Å². The van der Waals surface area contributed by atoms with Crippen LogP contribution in [0.4, 0.5) is 17.1 Å². The number of benzene rings is 8. The van der Waals surface area contributed by atoms with Gasteiger partial charge in [-0.2, -0.15) is 0 Å². The van der Waals surface area contributed by atoms with Crippen molar-refractivity contribution in [3.63, 3.8) is 0 Å². The number of rotatable bonds is 5.